The van der Waals surface area contributed by atoms with Gasteiger partial charge in [-0.2, -0.15) is 5.10 Å². The highest BCUT2D eigenvalue weighted by atomic mass is 16.4. The number of oxazole rings is 1. The molecule has 19 heavy (non-hydrogen) atoms. The summed E-state index contributed by atoms with van der Waals surface area (Å²) in [6, 6.07) is 6.70. The second-order valence-corrected chi connectivity index (χ2v) is 4.27. The van der Waals surface area contributed by atoms with E-state index < -0.39 is 5.97 Å². The molecule has 0 amide bonds. The Kier molecular flexibility index (Phi) is 2.38. The van der Waals surface area contributed by atoms with Crippen molar-refractivity contribution < 1.29 is 14.3 Å². The summed E-state index contributed by atoms with van der Waals surface area (Å²) in [6.45, 7) is 1.87. The van der Waals surface area contributed by atoms with Crippen LogP contribution in [0.25, 0.3) is 22.7 Å². The molecule has 1 N–H and O–H groups in total. The number of aryl methyl sites for hydroxylation is 2. The number of nitrogens with zero attached hydrogens (tertiary/aromatic N) is 3. The van der Waals surface area contributed by atoms with Gasteiger partial charge in [0, 0.05) is 7.05 Å². The number of hydrogen-bond acceptors (Lipinski definition) is 4. The zero-order valence-corrected chi connectivity index (χ0v) is 10.4. The minimum Gasteiger partial charge on any atom is -0.478 e. The Bertz CT molecular complexity index is 786. The number of carbonyl (C=O) groups is 1. The zero-order chi connectivity index (χ0) is 13.6. The highest BCUT2D eigenvalue weighted by molar-refractivity contribution is 6.00. The van der Waals surface area contributed by atoms with Gasteiger partial charge in [0.2, 0.25) is 5.89 Å². The largest absolute Gasteiger partial charge is 0.478 e. The molecule has 0 aliphatic carbocycles. The number of carboxylic acid groups (broad SMARTS) is 1. The Morgan fingerprint density at radius 3 is 2.84 bits per heavy atom. The van der Waals surface area contributed by atoms with Crippen LogP contribution in [0.15, 0.2) is 28.7 Å². The molecule has 0 radical (unpaired) electrons. The van der Waals surface area contributed by atoms with Gasteiger partial charge in [0.15, 0.2) is 5.58 Å². The Morgan fingerprint density at radius 1 is 1.42 bits per heavy atom. The number of para-hydroxylation sites is 1. The number of rotatable bonds is 2. The fourth-order valence-corrected chi connectivity index (χ4v) is 2.04. The highest BCUT2D eigenvalue weighted by Crippen LogP contribution is 2.26. The smallest absolute Gasteiger partial charge is 0.339 e. The lowest BCUT2D eigenvalue weighted by molar-refractivity contribution is 0.0698. The van der Waals surface area contributed by atoms with Crippen LogP contribution in [0.1, 0.15) is 16.1 Å². The first-order chi connectivity index (χ1) is 9.06. The topological polar surface area (TPSA) is 81.1 Å². The third kappa shape index (κ3) is 1.77. The predicted molar refractivity (Wildman–Crippen MR) is 67.9 cm³/mol. The molecule has 0 saturated carbocycles. The normalized spacial score (nSPS) is 11.1. The molecule has 1 aromatic carbocycles. The van der Waals surface area contributed by atoms with Crippen molar-refractivity contribution in [2.75, 3.05) is 0 Å². The third-order valence-corrected chi connectivity index (χ3v) is 2.87. The van der Waals surface area contributed by atoms with Crippen molar-refractivity contribution in [1.29, 1.82) is 0 Å². The molecule has 0 saturated heterocycles. The van der Waals surface area contributed by atoms with E-state index in [1.54, 1.807) is 23.9 Å². The maximum Gasteiger partial charge on any atom is 0.339 e. The van der Waals surface area contributed by atoms with Crippen LogP contribution < -0.4 is 0 Å². The molecular weight excluding hydrogens is 246 g/mol. The van der Waals surface area contributed by atoms with Gasteiger partial charge in [0.1, 0.15) is 16.8 Å². The average Bonchev–Trinajstić information content (AvgIpc) is 2.91. The quantitative estimate of drug-likeness (QED) is 0.761. The Labute approximate surface area is 108 Å². The summed E-state index contributed by atoms with van der Waals surface area (Å²) >= 11 is 0. The number of aromatic carboxylic acids is 1. The van der Waals surface area contributed by atoms with E-state index >= 15 is 0 Å². The number of carboxylic acids is 1. The van der Waals surface area contributed by atoms with Crippen molar-refractivity contribution in [3.63, 3.8) is 0 Å². The summed E-state index contributed by atoms with van der Waals surface area (Å²) < 4.78 is 7.24. The molecule has 0 aliphatic rings. The molecule has 0 aliphatic heterocycles. The fraction of sp³-hybridized carbons (Fsp3) is 0.154. The first kappa shape index (κ1) is 11.5. The molecule has 2 aromatic heterocycles. The molecule has 3 aromatic rings. The summed E-state index contributed by atoms with van der Waals surface area (Å²) in [4.78, 5) is 15.4. The van der Waals surface area contributed by atoms with Crippen molar-refractivity contribution in [3.8, 4) is 11.6 Å². The molecule has 0 bridgehead atoms. The Hall–Kier alpha value is -2.63. The van der Waals surface area contributed by atoms with E-state index in [1.807, 2.05) is 13.0 Å². The van der Waals surface area contributed by atoms with Crippen molar-refractivity contribution in [2.24, 2.45) is 7.05 Å². The van der Waals surface area contributed by atoms with Crippen LogP contribution in [-0.2, 0) is 7.05 Å². The van der Waals surface area contributed by atoms with Gasteiger partial charge in [0.05, 0.1) is 5.69 Å². The van der Waals surface area contributed by atoms with Crippen LogP contribution in [-0.4, -0.2) is 25.8 Å². The van der Waals surface area contributed by atoms with Crippen LogP contribution in [0.5, 0.6) is 0 Å². The van der Waals surface area contributed by atoms with E-state index in [1.165, 1.54) is 6.07 Å². The molecule has 96 valence electrons. The van der Waals surface area contributed by atoms with Gasteiger partial charge in [-0.15, -0.1) is 0 Å². The molecule has 3 rings (SSSR count). The molecule has 2 heterocycles. The maximum atomic E-state index is 11.1. The van der Waals surface area contributed by atoms with Gasteiger partial charge in [0.25, 0.3) is 0 Å². The zero-order valence-electron chi connectivity index (χ0n) is 10.4. The SMILES string of the molecule is Cc1cc(-c2nc3cccc(C(=O)O)c3o2)n(C)n1. The second kappa shape index (κ2) is 3.94. The fourth-order valence-electron chi connectivity index (χ4n) is 2.04. The highest BCUT2D eigenvalue weighted by Gasteiger charge is 2.17. The lowest BCUT2D eigenvalue weighted by Crippen LogP contribution is -1.95. The lowest BCUT2D eigenvalue weighted by atomic mass is 10.2. The molecule has 0 spiro atoms. The number of fused-ring (bicyclic) bond motifs is 1. The number of benzene rings is 1. The van der Waals surface area contributed by atoms with Crippen molar-refractivity contribution in [1.82, 2.24) is 14.8 Å². The van der Waals surface area contributed by atoms with Gasteiger partial charge in [-0.05, 0) is 25.1 Å². The molecule has 0 unspecified atom stereocenters. The standard InChI is InChI=1S/C13H11N3O3/c1-7-6-10(16(2)15-7)12-14-9-5-3-4-8(13(17)18)11(9)19-12/h3-6H,1-2H3,(H,17,18). The van der Waals surface area contributed by atoms with Crippen LogP contribution in [0.4, 0.5) is 0 Å². The molecule has 6 heteroatoms. The minimum absolute atomic E-state index is 0.107. The van der Waals surface area contributed by atoms with Gasteiger partial charge in [-0.1, -0.05) is 6.07 Å². The lowest BCUT2D eigenvalue weighted by Gasteiger charge is -1.95. The molecular formula is C13H11N3O3. The van der Waals surface area contributed by atoms with Gasteiger partial charge < -0.3 is 9.52 Å². The second-order valence-electron chi connectivity index (χ2n) is 4.27. The van der Waals surface area contributed by atoms with Crippen molar-refractivity contribution in [2.45, 2.75) is 6.92 Å². The van der Waals surface area contributed by atoms with Crippen molar-refractivity contribution in [3.05, 3.63) is 35.5 Å². The van der Waals surface area contributed by atoms with Crippen LogP contribution in [0.3, 0.4) is 0 Å². The molecule has 0 atom stereocenters. The predicted octanol–water partition coefficient (Wildman–Crippen LogP) is 2.23. The summed E-state index contributed by atoms with van der Waals surface area (Å²) in [5.41, 5.74) is 2.47. The maximum absolute atomic E-state index is 11.1. The van der Waals surface area contributed by atoms with Crippen molar-refractivity contribution >= 4 is 17.1 Å². The minimum atomic E-state index is -1.03. The van der Waals surface area contributed by atoms with E-state index in [9.17, 15) is 4.79 Å². The first-order valence-corrected chi connectivity index (χ1v) is 5.70. The summed E-state index contributed by atoms with van der Waals surface area (Å²) in [7, 11) is 1.79. The molecule has 0 fully saturated rings. The van der Waals surface area contributed by atoms with E-state index in [4.69, 9.17) is 9.52 Å². The van der Waals surface area contributed by atoms with Gasteiger partial charge in [-0.3, -0.25) is 4.68 Å². The number of hydrogen-bond donors (Lipinski definition) is 1. The Morgan fingerprint density at radius 2 is 2.21 bits per heavy atom. The molecule has 6 nitrogen and oxygen atoms in total. The number of aromatic nitrogens is 3. The van der Waals surface area contributed by atoms with Crippen LogP contribution in [0, 0.1) is 6.92 Å². The van der Waals surface area contributed by atoms with E-state index in [2.05, 4.69) is 10.1 Å². The summed E-state index contributed by atoms with van der Waals surface area (Å²) in [5.74, 6) is -0.665. The van der Waals surface area contributed by atoms with Crippen LogP contribution in [0.2, 0.25) is 0 Å². The van der Waals surface area contributed by atoms with Gasteiger partial charge >= 0.3 is 5.97 Å². The van der Waals surface area contributed by atoms with E-state index in [0.717, 1.165) is 5.69 Å². The average molecular weight is 257 g/mol. The summed E-state index contributed by atoms with van der Waals surface area (Å²) in [5, 5.41) is 13.3. The summed E-state index contributed by atoms with van der Waals surface area (Å²) in [6.07, 6.45) is 0. The van der Waals surface area contributed by atoms with E-state index in [0.29, 0.717) is 17.1 Å². The monoisotopic (exact) mass is 257 g/mol. The van der Waals surface area contributed by atoms with Gasteiger partial charge in [-0.25, -0.2) is 9.78 Å². The Balaban J connectivity index is 2.25. The van der Waals surface area contributed by atoms with Crippen LogP contribution >= 0.6 is 0 Å². The first-order valence-electron chi connectivity index (χ1n) is 5.70. The van der Waals surface area contributed by atoms with E-state index in [-0.39, 0.29) is 11.1 Å². The third-order valence-electron chi connectivity index (χ3n) is 2.87.